The molecule has 0 bridgehead atoms. The third kappa shape index (κ3) is 7.43. The van der Waals surface area contributed by atoms with Gasteiger partial charge in [0.2, 0.25) is 17.7 Å². The van der Waals surface area contributed by atoms with Crippen molar-refractivity contribution in [2.24, 2.45) is 0 Å². The summed E-state index contributed by atoms with van der Waals surface area (Å²) >= 11 is 0. The molecular weight excluding hydrogens is 491 g/mol. The second kappa shape index (κ2) is 11.7. The predicted octanol–water partition coefficient (Wildman–Crippen LogP) is 4.74. The van der Waals surface area contributed by atoms with Gasteiger partial charge < -0.3 is 30.3 Å². The molecule has 3 aromatic rings. The van der Waals surface area contributed by atoms with E-state index in [1.165, 1.54) is 14.0 Å². The number of hydrogen-bond acceptors (Lipinski definition) is 9. The molecule has 0 aliphatic heterocycles. The van der Waals surface area contributed by atoms with Crippen LogP contribution in [0, 0.1) is 6.92 Å². The van der Waals surface area contributed by atoms with Crippen molar-refractivity contribution in [3.05, 3.63) is 47.7 Å². The Bertz CT molecular complexity index is 1250. The number of hydrogen-bond donors (Lipinski definition) is 3. The molecule has 0 saturated heterocycles. The molecule has 0 radical (unpaired) electrons. The van der Waals surface area contributed by atoms with Gasteiger partial charge in [0.05, 0.1) is 25.1 Å². The van der Waals surface area contributed by atoms with E-state index in [9.17, 15) is 18.0 Å². The fourth-order valence-corrected chi connectivity index (χ4v) is 3.27. The second-order valence-corrected chi connectivity index (χ2v) is 8.10. The molecule has 13 heteroatoms. The summed E-state index contributed by atoms with van der Waals surface area (Å²) in [7, 11) is 4.86. The first-order chi connectivity index (χ1) is 17.5. The van der Waals surface area contributed by atoms with Crippen LogP contribution in [0.5, 0.6) is 5.88 Å². The van der Waals surface area contributed by atoms with Gasteiger partial charge in [-0.25, -0.2) is 4.98 Å². The highest BCUT2D eigenvalue weighted by Crippen LogP contribution is 2.37. The van der Waals surface area contributed by atoms with Crippen LogP contribution in [-0.2, 0) is 15.7 Å². The minimum Gasteiger partial charge on any atom is -0.481 e. The van der Waals surface area contributed by atoms with Gasteiger partial charge in [0.1, 0.15) is 17.2 Å². The maximum absolute atomic E-state index is 13.8. The molecule has 1 aromatic carbocycles. The number of nitrogens with one attached hydrogen (secondary N) is 3. The van der Waals surface area contributed by atoms with Crippen LogP contribution in [0.15, 0.2) is 36.5 Å². The zero-order valence-corrected chi connectivity index (χ0v) is 21.0. The van der Waals surface area contributed by atoms with Crippen molar-refractivity contribution < 1.29 is 27.4 Å². The Morgan fingerprint density at radius 1 is 1.08 bits per heavy atom. The van der Waals surface area contributed by atoms with Gasteiger partial charge in [0.15, 0.2) is 0 Å². The van der Waals surface area contributed by atoms with Crippen molar-refractivity contribution in [1.82, 2.24) is 15.0 Å². The lowest BCUT2D eigenvalue weighted by atomic mass is 10.1. The minimum atomic E-state index is -4.73. The quantitative estimate of drug-likeness (QED) is 0.350. The van der Waals surface area contributed by atoms with Gasteiger partial charge in [-0.1, -0.05) is 6.07 Å². The van der Waals surface area contributed by atoms with E-state index in [-0.39, 0.29) is 23.4 Å². The lowest BCUT2D eigenvalue weighted by Crippen LogP contribution is -2.23. The number of nitrogens with zero attached hydrogens (tertiary/aromatic N) is 4. The highest BCUT2D eigenvalue weighted by Gasteiger charge is 2.35. The maximum Gasteiger partial charge on any atom is 0.421 e. The number of aryl methyl sites for hydroxylation is 1. The smallest absolute Gasteiger partial charge is 0.421 e. The normalized spacial score (nSPS) is 11.1. The number of rotatable bonds is 10. The SMILES string of the molecule is COCCN(C)c1cc(Nc2ncc(C(F)(F)F)c(Nc3ccc(C)cc3NC(C)=O)n2)cc(OC)n1. The van der Waals surface area contributed by atoms with Crippen LogP contribution >= 0.6 is 0 Å². The molecule has 0 saturated carbocycles. The lowest BCUT2D eigenvalue weighted by molar-refractivity contribution is -0.137. The Morgan fingerprint density at radius 3 is 2.49 bits per heavy atom. The van der Waals surface area contributed by atoms with Crippen molar-refractivity contribution >= 4 is 40.6 Å². The van der Waals surface area contributed by atoms with Crippen molar-refractivity contribution in [3.63, 3.8) is 0 Å². The summed E-state index contributed by atoms with van der Waals surface area (Å²) in [4.78, 5) is 25.8. The van der Waals surface area contributed by atoms with Crippen molar-refractivity contribution in [3.8, 4) is 5.88 Å². The molecule has 2 aromatic heterocycles. The number of carbonyl (C=O) groups is 1. The molecule has 0 atom stereocenters. The molecule has 2 heterocycles. The van der Waals surface area contributed by atoms with Gasteiger partial charge in [-0.05, 0) is 24.6 Å². The van der Waals surface area contributed by atoms with Gasteiger partial charge >= 0.3 is 6.18 Å². The summed E-state index contributed by atoms with van der Waals surface area (Å²) in [6, 6.07) is 8.15. The van der Waals surface area contributed by atoms with Gasteiger partial charge in [-0.3, -0.25) is 4.79 Å². The molecule has 0 fully saturated rings. The second-order valence-electron chi connectivity index (χ2n) is 8.10. The van der Waals surface area contributed by atoms with Crippen LogP contribution in [-0.4, -0.2) is 55.3 Å². The lowest BCUT2D eigenvalue weighted by Gasteiger charge is -2.20. The molecule has 198 valence electrons. The van der Waals surface area contributed by atoms with Crippen molar-refractivity contribution in [1.29, 1.82) is 0 Å². The molecular formula is C24H28F3N7O3. The van der Waals surface area contributed by atoms with E-state index in [2.05, 4.69) is 30.9 Å². The summed E-state index contributed by atoms with van der Waals surface area (Å²) in [6.07, 6.45) is -4.04. The Kier molecular flexibility index (Phi) is 8.71. The van der Waals surface area contributed by atoms with Crippen LogP contribution in [0.2, 0.25) is 0 Å². The van der Waals surface area contributed by atoms with Crippen molar-refractivity contribution in [2.45, 2.75) is 20.0 Å². The third-order valence-corrected chi connectivity index (χ3v) is 5.11. The Hall–Kier alpha value is -4.13. The zero-order valence-electron chi connectivity index (χ0n) is 21.0. The number of anilines is 6. The Balaban J connectivity index is 1.99. The molecule has 3 N–H and O–H groups in total. The van der Waals surface area contributed by atoms with E-state index in [1.807, 2.05) is 11.9 Å². The van der Waals surface area contributed by atoms with Crippen LogP contribution in [0.25, 0.3) is 0 Å². The summed E-state index contributed by atoms with van der Waals surface area (Å²) in [5, 5.41) is 8.23. The van der Waals surface area contributed by atoms with Crippen LogP contribution in [0.3, 0.4) is 0 Å². The van der Waals surface area contributed by atoms with E-state index in [4.69, 9.17) is 9.47 Å². The largest absolute Gasteiger partial charge is 0.481 e. The number of benzene rings is 1. The average Bonchev–Trinajstić information content (AvgIpc) is 2.83. The number of likely N-dealkylation sites (N-methyl/N-ethyl adjacent to an activating group) is 1. The van der Waals surface area contributed by atoms with E-state index < -0.39 is 17.6 Å². The van der Waals surface area contributed by atoms with Crippen LogP contribution < -0.4 is 25.6 Å². The van der Waals surface area contributed by atoms with E-state index in [0.717, 1.165) is 5.56 Å². The fourth-order valence-electron chi connectivity index (χ4n) is 3.27. The molecule has 37 heavy (non-hydrogen) atoms. The van der Waals surface area contributed by atoms with Crippen LogP contribution in [0.4, 0.5) is 47.8 Å². The first-order valence-corrected chi connectivity index (χ1v) is 11.1. The average molecular weight is 520 g/mol. The first-order valence-electron chi connectivity index (χ1n) is 11.1. The predicted molar refractivity (Wildman–Crippen MR) is 135 cm³/mol. The Labute approximate surface area is 212 Å². The topological polar surface area (TPSA) is 114 Å². The molecule has 0 unspecified atom stereocenters. The highest BCUT2D eigenvalue weighted by atomic mass is 19.4. The highest BCUT2D eigenvalue weighted by molar-refractivity contribution is 5.93. The van der Waals surface area contributed by atoms with Gasteiger partial charge in [0.25, 0.3) is 0 Å². The number of methoxy groups -OCH3 is 2. The molecule has 0 spiro atoms. The maximum atomic E-state index is 13.8. The van der Waals surface area contributed by atoms with E-state index >= 15 is 0 Å². The van der Waals surface area contributed by atoms with Crippen molar-refractivity contribution in [2.75, 3.05) is 55.3 Å². The summed E-state index contributed by atoms with van der Waals surface area (Å²) < 4.78 is 51.7. The van der Waals surface area contributed by atoms with E-state index in [0.29, 0.717) is 36.5 Å². The number of pyridine rings is 1. The number of ether oxygens (including phenoxy) is 2. The molecule has 1 amide bonds. The molecule has 0 aliphatic carbocycles. The fraction of sp³-hybridized carbons (Fsp3) is 0.333. The number of aromatic nitrogens is 3. The number of amides is 1. The number of alkyl halides is 3. The summed E-state index contributed by atoms with van der Waals surface area (Å²) in [5.74, 6) is -0.119. The van der Waals surface area contributed by atoms with Gasteiger partial charge in [-0.15, -0.1) is 0 Å². The van der Waals surface area contributed by atoms with Crippen LogP contribution in [0.1, 0.15) is 18.1 Å². The third-order valence-electron chi connectivity index (χ3n) is 5.11. The van der Waals surface area contributed by atoms with Gasteiger partial charge in [-0.2, -0.15) is 23.1 Å². The first kappa shape index (κ1) is 27.5. The number of carbonyl (C=O) groups excluding carboxylic acids is 1. The molecule has 10 nitrogen and oxygen atoms in total. The summed E-state index contributed by atoms with van der Waals surface area (Å²) in [6.45, 7) is 4.12. The minimum absolute atomic E-state index is 0.0950. The molecule has 3 rings (SSSR count). The zero-order chi connectivity index (χ0) is 27.2. The Morgan fingerprint density at radius 2 is 1.84 bits per heavy atom. The van der Waals surface area contributed by atoms with E-state index in [1.54, 1.807) is 44.4 Å². The standard InChI is InChI=1S/C24H28F3N7O3/c1-14-6-7-18(19(10-14)29-15(2)35)31-22-17(24(25,26)27)13-28-23(33-22)30-16-11-20(32-21(12-16)37-5)34(3)8-9-36-4/h6-7,10-13H,8-9H2,1-5H3,(H,29,35)(H2,28,30,31,32,33). The molecule has 0 aliphatic rings. The van der Waals surface area contributed by atoms with Gasteiger partial charge in [0, 0.05) is 51.6 Å². The summed E-state index contributed by atoms with van der Waals surface area (Å²) in [5.41, 5.74) is 0.749. The number of halogens is 3. The monoisotopic (exact) mass is 519 g/mol.